The van der Waals surface area contributed by atoms with Gasteiger partial charge in [0.1, 0.15) is 18.1 Å². The van der Waals surface area contributed by atoms with Crippen LogP contribution in [-0.4, -0.2) is 35.4 Å². The average molecular weight is 441 g/mol. The van der Waals surface area contributed by atoms with Crippen LogP contribution in [0.3, 0.4) is 0 Å². The molecule has 0 unspecified atom stereocenters. The molecule has 2 aromatic carbocycles. The maximum absolute atomic E-state index is 11.6. The number of aromatic nitrogens is 4. The SMILES string of the molecule is COc1ccc(OCc2c(-c3nc(-c4cccc(S(N)(=O)=O)c4)no3)cnn2C)cc1. The Morgan fingerprint density at radius 2 is 1.87 bits per heavy atom. The fourth-order valence-corrected chi connectivity index (χ4v) is 3.46. The van der Waals surface area contributed by atoms with Crippen molar-refractivity contribution in [3.63, 3.8) is 0 Å². The highest BCUT2D eigenvalue weighted by Crippen LogP contribution is 2.27. The van der Waals surface area contributed by atoms with Crippen LogP contribution in [0.4, 0.5) is 0 Å². The van der Waals surface area contributed by atoms with Crippen molar-refractivity contribution in [2.45, 2.75) is 11.5 Å². The van der Waals surface area contributed by atoms with Crippen molar-refractivity contribution in [1.29, 1.82) is 0 Å². The van der Waals surface area contributed by atoms with Gasteiger partial charge in [-0.25, -0.2) is 13.6 Å². The second-order valence-electron chi connectivity index (χ2n) is 6.59. The molecule has 0 atom stereocenters. The first-order valence-electron chi connectivity index (χ1n) is 9.10. The van der Waals surface area contributed by atoms with Gasteiger partial charge in [-0.15, -0.1) is 0 Å². The summed E-state index contributed by atoms with van der Waals surface area (Å²) in [6.45, 7) is 0.219. The number of nitrogens with two attached hydrogens (primary N) is 1. The largest absolute Gasteiger partial charge is 0.497 e. The molecule has 31 heavy (non-hydrogen) atoms. The molecule has 2 heterocycles. The molecule has 11 heteroatoms. The molecule has 0 spiro atoms. The lowest BCUT2D eigenvalue weighted by Gasteiger charge is -2.08. The summed E-state index contributed by atoms with van der Waals surface area (Å²) in [5, 5.41) is 13.4. The number of rotatable bonds is 7. The molecule has 10 nitrogen and oxygen atoms in total. The molecule has 4 aromatic rings. The fraction of sp³-hybridized carbons (Fsp3) is 0.150. The van der Waals surface area contributed by atoms with Crippen LogP contribution in [0.15, 0.2) is 64.1 Å². The Morgan fingerprint density at radius 3 is 2.58 bits per heavy atom. The highest BCUT2D eigenvalue weighted by Gasteiger charge is 2.19. The van der Waals surface area contributed by atoms with Gasteiger partial charge in [-0.05, 0) is 36.4 Å². The zero-order chi connectivity index (χ0) is 22.0. The number of ether oxygens (including phenoxy) is 2. The number of aryl methyl sites for hydroxylation is 1. The van der Waals surface area contributed by atoms with Crippen molar-refractivity contribution in [2.75, 3.05) is 7.11 Å². The quantitative estimate of drug-likeness (QED) is 0.462. The van der Waals surface area contributed by atoms with E-state index in [9.17, 15) is 8.42 Å². The van der Waals surface area contributed by atoms with Crippen LogP contribution in [0.2, 0.25) is 0 Å². The molecule has 0 saturated heterocycles. The van der Waals surface area contributed by atoms with Crippen molar-refractivity contribution >= 4 is 10.0 Å². The predicted molar refractivity (Wildman–Crippen MR) is 111 cm³/mol. The first-order chi connectivity index (χ1) is 14.8. The molecule has 0 radical (unpaired) electrons. The van der Waals surface area contributed by atoms with Gasteiger partial charge in [0.2, 0.25) is 15.8 Å². The van der Waals surface area contributed by atoms with Crippen LogP contribution < -0.4 is 14.6 Å². The van der Waals surface area contributed by atoms with E-state index in [0.717, 1.165) is 11.4 Å². The molecule has 4 rings (SSSR count). The molecule has 160 valence electrons. The van der Waals surface area contributed by atoms with Crippen molar-refractivity contribution < 1.29 is 22.4 Å². The molecule has 0 amide bonds. The lowest BCUT2D eigenvalue weighted by Crippen LogP contribution is -2.11. The molecule has 2 N–H and O–H groups in total. The minimum absolute atomic E-state index is 0.0358. The Morgan fingerprint density at radius 1 is 1.13 bits per heavy atom. The lowest BCUT2D eigenvalue weighted by molar-refractivity contribution is 0.294. The van der Waals surface area contributed by atoms with Gasteiger partial charge in [0.15, 0.2) is 0 Å². The van der Waals surface area contributed by atoms with Gasteiger partial charge in [-0.2, -0.15) is 10.1 Å². The molecule has 2 aromatic heterocycles. The molecule has 0 fully saturated rings. The minimum atomic E-state index is -3.84. The van der Waals surface area contributed by atoms with E-state index in [2.05, 4.69) is 15.2 Å². The average Bonchev–Trinajstić information content (AvgIpc) is 3.39. The monoisotopic (exact) mass is 441 g/mol. The van der Waals surface area contributed by atoms with Crippen LogP contribution in [0.5, 0.6) is 11.5 Å². The van der Waals surface area contributed by atoms with Gasteiger partial charge in [-0.1, -0.05) is 17.3 Å². The maximum Gasteiger partial charge on any atom is 0.261 e. The number of nitrogens with zero attached hydrogens (tertiary/aromatic N) is 4. The van der Waals surface area contributed by atoms with E-state index >= 15 is 0 Å². The summed E-state index contributed by atoms with van der Waals surface area (Å²) in [5.41, 5.74) is 1.79. The Hall–Kier alpha value is -3.70. The van der Waals surface area contributed by atoms with Crippen molar-refractivity contribution in [1.82, 2.24) is 19.9 Å². The second kappa shape index (κ2) is 8.20. The summed E-state index contributed by atoms with van der Waals surface area (Å²) in [6.07, 6.45) is 1.60. The maximum atomic E-state index is 11.6. The Bertz CT molecular complexity index is 1310. The third kappa shape index (κ3) is 4.42. The number of methoxy groups -OCH3 is 1. The van der Waals surface area contributed by atoms with Crippen LogP contribution >= 0.6 is 0 Å². The van der Waals surface area contributed by atoms with Crippen LogP contribution in [0.1, 0.15) is 5.69 Å². The Kier molecular flexibility index (Phi) is 5.44. The van der Waals surface area contributed by atoms with E-state index in [1.54, 1.807) is 61.4 Å². The zero-order valence-corrected chi connectivity index (χ0v) is 17.5. The van der Waals surface area contributed by atoms with Crippen molar-refractivity contribution in [2.24, 2.45) is 12.2 Å². The normalized spacial score (nSPS) is 11.5. The number of hydrogen-bond acceptors (Lipinski definition) is 8. The first-order valence-corrected chi connectivity index (χ1v) is 10.6. The topological polar surface area (TPSA) is 135 Å². The fourth-order valence-electron chi connectivity index (χ4n) is 2.90. The molecule has 0 saturated carbocycles. The number of hydrogen-bond donors (Lipinski definition) is 1. The van der Waals surface area contributed by atoms with Gasteiger partial charge >= 0.3 is 0 Å². The Labute approximate surface area is 178 Å². The van der Waals surface area contributed by atoms with E-state index in [1.807, 2.05) is 0 Å². The molecular weight excluding hydrogens is 422 g/mol. The molecule has 0 aliphatic heterocycles. The Balaban J connectivity index is 1.58. The summed E-state index contributed by atoms with van der Waals surface area (Å²) < 4.78 is 41.2. The smallest absolute Gasteiger partial charge is 0.261 e. The zero-order valence-electron chi connectivity index (χ0n) is 16.7. The highest BCUT2D eigenvalue weighted by atomic mass is 32.2. The summed E-state index contributed by atoms with van der Waals surface area (Å²) >= 11 is 0. The standard InChI is InChI=1S/C20H19N5O5S/c1-25-18(12-29-15-8-6-14(28-2)7-9-15)17(11-22-25)20-23-19(24-30-20)13-4-3-5-16(10-13)31(21,26)27/h3-11H,12H2,1-2H3,(H2,21,26,27). The van der Waals surface area contributed by atoms with Crippen molar-refractivity contribution in [3.8, 4) is 34.3 Å². The summed E-state index contributed by atoms with van der Waals surface area (Å²) in [6, 6.07) is 13.2. The van der Waals surface area contributed by atoms with Gasteiger partial charge in [0.25, 0.3) is 5.89 Å². The lowest BCUT2D eigenvalue weighted by atomic mass is 10.2. The third-order valence-electron chi connectivity index (χ3n) is 4.57. The second-order valence-corrected chi connectivity index (χ2v) is 8.15. The summed E-state index contributed by atoms with van der Waals surface area (Å²) in [4.78, 5) is 4.35. The van der Waals surface area contributed by atoms with Gasteiger partial charge < -0.3 is 14.0 Å². The van der Waals surface area contributed by atoms with Crippen LogP contribution in [0, 0.1) is 0 Å². The summed E-state index contributed by atoms with van der Waals surface area (Å²) in [7, 11) is -0.464. The third-order valence-corrected chi connectivity index (χ3v) is 5.48. The van der Waals surface area contributed by atoms with E-state index < -0.39 is 10.0 Å². The van der Waals surface area contributed by atoms with Gasteiger partial charge in [0.05, 0.1) is 29.5 Å². The predicted octanol–water partition coefficient (Wildman–Crippen LogP) is 2.37. The number of primary sulfonamides is 1. The van der Waals surface area contributed by atoms with E-state index in [4.69, 9.17) is 19.1 Å². The van der Waals surface area contributed by atoms with E-state index in [0.29, 0.717) is 16.9 Å². The summed E-state index contributed by atoms with van der Waals surface area (Å²) in [5.74, 6) is 1.86. The number of sulfonamides is 1. The number of benzene rings is 2. The molecule has 0 aliphatic rings. The van der Waals surface area contributed by atoms with Gasteiger partial charge in [-0.3, -0.25) is 4.68 Å². The van der Waals surface area contributed by atoms with E-state index in [1.165, 1.54) is 12.1 Å². The van der Waals surface area contributed by atoms with Crippen LogP contribution in [0.25, 0.3) is 22.8 Å². The highest BCUT2D eigenvalue weighted by molar-refractivity contribution is 7.89. The van der Waals surface area contributed by atoms with Crippen LogP contribution in [-0.2, 0) is 23.7 Å². The van der Waals surface area contributed by atoms with Crippen molar-refractivity contribution in [3.05, 3.63) is 60.4 Å². The molecular formula is C20H19N5O5S. The molecule has 0 aliphatic carbocycles. The minimum Gasteiger partial charge on any atom is -0.497 e. The first kappa shape index (κ1) is 20.6. The van der Waals surface area contributed by atoms with E-state index in [-0.39, 0.29) is 23.2 Å². The molecule has 0 bridgehead atoms. The van der Waals surface area contributed by atoms with Gasteiger partial charge in [0, 0.05) is 12.6 Å².